The van der Waals surface area contributed by atoms with Crippen LogP contribution in [0.4, 0.5) is 10.5 Å². The summed E-state index contributed by atoms with van der Waals surface area (Å²) in [7, 11) is -1.65. The van der Waals surface area contributed by atoms with Crippen LogP contribution in [0.25, 0.3) is 0 Å². The van der Waals surface area contributed by atoms with Gasteiger partial charge in [0.25, 0.3) is 0 Å². The molecule has 0 radical (unpaired) electrons. The van der Waals surface area contributed by atoms with E-state index in [1.807, 2.05) is 50.3 Å². The molecule has 0 atom stereocenters. The summed E-state index contributed by atoms with van der Waals surface area (Å²) in [6, 6.07) is 19.7. The van der Waals surface area contributed by atoms with Crippen LogP contribution in [0.15, 0.2) is 76.1 Å². The number of anilines is 1. The molecule has 2 heterocycles. The number of nitrogens with zero attached hydrogens (tertiary/aromatic N) is 2. The topological polar surface area (TPSA) is 76.2 Å². The molecule has 0 aliphatic carbocycles. The lowest BCUT2D eigenvalue weighted by Gasteiger charge is -2.39. The van der Waals surface area contributed by atoms with Crippen LogP contribution in [-0.2, 0) is 21.4 Å². The first-order valence-corrected chi connectivity index (χ1v) is 13.6. The maximum Gasteiger partial charge on any atom is 0.414 e. The molecule has 0 bridgehead atoms. The number of ether oxygens (including phenoxy) is 2. The summed E-state index contributed by atoms with van der Waals surface area (Å²) in [4.78, 5) is 14.5. The van der Waals surface area contributed by atoms with E-state index in [1.54, 1.807) is 29.2 Å². The molecule has 0 unspecified atom stereocenters. The van der Waals surface area contributed by atoms with E-state index in [2.05, 4.69) is 15.9 Å². The molecule has 0 spiro atoms. The molecule has 2 aliphatic rings. The van der Waals surface area contributed by atoms with Gasteiger partial charge in [-0.2, -0.15) is 4.31 Å². The van der Waals surface area contributed by atoms with E-state index in [1.165, 1.54) is 4.31 Å². The van der Waals surface area contributed by atoms with Gasteiger partial charge in [0.15, 0.2) is 0 Å². The molecule has 3 aromatic rings. The number of piperidine rings is 1. The maximum atomic E-state index is 13.3. The van der Waals surface area contributed by atoms with Crippen molar-refractivity contribution >= 4 is 51.0 Å². The molecule has 35 heavy (non-hydrogen) atoms. The van der Waals surface area contributed by atoms with Crippen molar-refractivity contribution in [2.75, 3.05) is 18.0 Å². The number of carbonyl (C=O) groups is 1. The van der Waals surface area contributed by atoms with Crippen LogP contribution in [0.2, 0.25) is 0 Å². The van der Waals surface area contributed by atoms with Gasteiger partial charge in [-0.05, 0) is 67.4 Å². The fourth-order valence-electron chi connectivity index (χ4n) is 4.53. The average molecular weight is 555 g/mol. The van der Waals surface area contributed by atoms with Gasteiger partial charge in [-0.1, -0.05) is 33.5 Å². The molecule has 180 valence electrons. The molecule has 1 fully saturated rings. The summed E-state index contributed by atoms with van der Waals surface area (Å²) in [5, 5.41) is 0. The highest BCUT2D eigenvalue weighted by atomic mass is 79.9. The minimum Gasteiger partial charge on any atom is -0.457 e. The van der Waals surface area contributed by atoms with E-state index >= 15 is 0 Å². The molecule has 2 aliphatic heterocycles. The second-order valence-electron chi connectivity index (χ2n) is 8.72. The Labute approximate surface area is 214 Å². The second kappa shape index (κ2) is 9.68. The summed E-state index contributed by atoms with van der Waals surface area (Å²) < 4.78 is 40.1. The van der Waals surface area contributed by atoms with Crippen molar-refractivity contribution in [1.29, 1.82) is 0 Å². The number of halogens is 1. The lowest BCUT2D eigenvalue weighted by molar-refractivity contribution is 0.136. The monoisotopic (exact) mass is 554 g/mol. The molecule has 3 aromatic carbocycles. The zero-order valence-electron chi connectivity index (χ0n) is 19.2. The highest BCUT2D eigenvalue weighted by Crippen LogP contribution is 2.33. The number of fused-ring (bicyclic) bond motifs is 1. The van der Waals surface area contributed by atoms with E-state index in [4.69, 9.17) is 9.47 Å². The number of hydrogen-bond acceptors (Lipinski definition) is 5. The fourth-order valence-corrected chi connectivity index (χ4v) is 6.26. The van der Waals surface area contributed by atoms with E-state index in [-0.39, 0.29) is 23.6 Å². The van der Waals surface area contributed by atoms with Crippen LogP contribution < -0.4 is 15.1 Å². The third kappa shape index (κ3) is 4.96. The summed E-state index contributed by atoms with van der Waals surface area (Å²) in [6.45, 7) is 0.922. The van der Waals surface area contributed by atoms with E-state index in [0.717, 1.165) is 21.2 Å². The first kappa shape index (κ1) is 23.9. The molecule has 0 aromatic heterocycles. The van der Waals surface area contributed by atoms with E-state index in [9.17, 15) is 13.2 Å². The first-order valence-electron chi connectivity index (χ1n) is 11.4. The Balaban J connectivity index is 1.26. The zero-order chi connectivity index (χ0) is 24.6. The predicted molar refractivity (Wildman–Crippen MR) is 140 cm³/mol. The molecular formula is C25H24BBrN2O5S. The van der Waals surface area contributed by atoms with Crippen LogP contribution in [0.3, 0.4) is 0 Å². The van der Waals surface area contributed by atoms with E-state index < -0.39 is 10.0 Å². The fraction of sp³-hybridized carbons (Fsp3) is 0.240. The van der Waals surface area contributed by atoms with Crippen molar-refractivity contribution in [3.05, 3.63) is 76.8 Å². The van der Waals surface area contributed by atoms with Gasteiger partial charge in [-0.15, -0.1) is 0 Å². The maximum absolute atomic E-state index is 13.3. The van der Waals surface area contributed by atoms with Crippen LogP contribution in [0, 0.1) is 0 Å². The average Bonchev–Trinajstić information content (AvgIpc) is 2.86. The van der Waals surface area contributed by atoms with Gasteiger partial charge in [-0.25, -0.2) is 13.2 Å². The van der Waals surface area contributed by atoms with Gasteiger partial charge < -0.3 is 9.47 Å². The van der Waals surface area contributed by atoms with Crippen molar-refractivity contribution in [2.24, 2.45) is 0 Å². The summed E-state index contributed by atoms with van der Waals surface area (Å²) >= 11 is 3.39. The van der Waals surface area contributed by atoms with Gasteiger partial charge in [0.2, 0.25) is 10.0 Å². The lowest BCUT2D eigenvalue weighted by atomic mass is 9.92. The summed E-state index contributed by atoms with van der Waals surface area (Å²) in [5.41, 5.74) is 2.94. The third-order valence-corrected chi connectivity index (χ3v) is 8.78. The largest absolute Gasteiger partial charge is 0.457 e. The highest BCUT2D eigenvalue weighted by molar-refractivity contribution is 9.10. The Kier molecular flexibility index (Phi) is 6.61. The van der Waals surface area contributed by atoms with Gasteiger partial charge >= 0.3 is 6.09 Å². The van der Waals surface area contributed by atoms with Gasteiger partial charge in [0.1, 0.15) is 26.0 Å². The van der Waals surface area contributed by atoms with Crippen LogP contribution in [0.5, 0.6) is 11.5 Å². The van der Waals surface area contributed by atoms with E-state index in [0.29, 0.717) is 37.4 Å². The Morgan fingerprint density at radius 3 is 2.23 bits per heavy atom. The molecule has 1 saturated heterocycles. The zero-order valence-corrected chi connectivity index (χ0v) is 21.6. The van der Waals surface area contributed by atoms with Crippen molar-refractivity contribution in [3.63, 3.8) is 0 Å². The SMILES string of the molecule is Bc1ccc2c(c1)COC(=O)N2C1CCN(S(=O)(=O)c2ccc(Oc3ccc(Br)cc3)cc2)CC1. The minimum atomic E-state index is -3.65. The van der Waals surface area contributed by atoms with Gasteiger partial charge in [0, 0.05) is 29.2 Å². The highest BCUT2D eigenvalue weighted by Gasteiger charge is 2.37. The van der Waals surface area contributed by atoms with Gasteiger partial charge in [-0.3, -0.25) is 4.90 Å². The quantitative estimate of drug-likeness (QED) is 0.448. The first-order chi connectivity index (χ1) is 16.8. The van der Waals surface area contributed by atoms with Crippen molar-refractivity contribution in [1.82, 2.24) is 4.31 Å². The van der Waals surface area contributed by atoms with Crippen molar-refractivity contribution in [2.45, 2.75) is 30.4 Å². The third-order valence-electron chi connectivity index (χ3n) is 6.34. The molecule has 0 saturated carbocycles. The minimum absolute atomic E-state index is 0.114. The Morgan fingerprint density at radius 1 is 0.943 bits per heavy atom. The number of benzene rings is 3. The Hall–Kier alpha value is -2.82. The normalized spacial score (nSPS) is 17.1. The smallest absolute Gasteiger partial charge is 0.414 e. The van der Waals surface area contributed by atoms with Crippen molar-refractivity contribution in [3.8, 4) is 11.5 Å². The Morgan fingerprint density at radius 2 is 1.57 bits per heavy atom. The molecule has 10 heteroatoms. The molecular weight excluding hydrogens is 531 g/mol. The molecule has 5 rings (SSSR count). The number of carbonyl (C=O) groups excluding carboxylic acids is 1. The van der Waals surface area contributed by atoms with Gasteiger partial charge in [0.05, 0.1) is 10.6 Å². The summed E-state index contributed by atoms with van der Waals surface area (Å²) in [5.74, 6) is 1.22. The van der Waals surface area contributed by atoms with Crippen LogP contribution in [0.1, 0.15) is 18.4 Å². The second-order valence-corrected chi connectivity index (χ2v) is 11.6. The molecule has 0 N–H and O–H groups in total. The Bertz CT molecular complexity index is 1340. The number of hydrogen-bond donors (Lipinski definition) is 0. The lowest BCUT2D eigenvalue weighted by Crippen LogP contribution is -2.50. The number of rotatable bonds is 5. The summed E-state index contributed by atoms with van der Waals surface area (Å²) in [6.07, 6.45) is 0.697. The molecule has 7 nitrogen and oxygen atoms in total. The van der Waals surface area contributed by atoms with Crippen molar-refractivity contribution < 1.29 is 22.7 Å². The number of sulfonamides is 1. The standard InChI is InChI=1S/C25H24BBrN2O5S/c26-18-1-10-24-17(15-18)16-33-25(30)29(24)20-11-13-28(14-12-20)35(31,32)23-8-6-22(7-9-23)34-21-4-2-19(27)3-5-21/h1-10,15,20H,11-14,16,26H2. The number of cyclic esters (lactones) is 1. The number of amides is 1. The molecule has 1 amide bonds. The van der Waals surface area contributed by atoms with Crippen LogP contribution >= 0.6 is 15.9 Å². The predicted octanol–water partition coefficient (Wildman–Crippen LogP) is 3.81. The van der Waals surface area contributed by atoms with Crippen LogP contribution in [-0.4, -0.2) is 45.8 Å².